The van der Waals surface area contributed by atoms with Crippen molar-refractivity contribution in [2.75, 3.05) is 18.0 Å². The fourth-order valence-electron chi connectivity index (χ4n) is 3.30. The van der Waals surface area contributed by atoms with E-state index in [1.54, 1.807) is 10.9 Å². The molecule has 3 aromatic heterocycles. The molecule has 7 heteroatoms. The molecule has 0 saturated carbocycles. The lowest BCUT2D eigenvalue weighted by Crippen LogP contribution is -2.48. The summed E-state index contributed by atoms with van der Waals surface area (Å²) < 4.78 is 16.8. The van der Waals surface area contributed by atoms with Gasteiger partial charge in [-0.1, -0.05) is 12.1 Å². The number of hydrogen-bond acceptors (Lipinski definition) is 4. The standard InChI is InChI=1S/C19H17FN6/c1-24-10-15(9-22-24)13-2-3-14-8-23-26(18(14)6-13)17-4-5-21-19(7-17)25-11-16(20)12-25/h2-10,16H,11-12H2,1H3. The number of nitrogens with zero attached hydrogens (tertiary/aromatic N) is 6. The number of aromatic nitrogens is 5. The van der Waals surface area contributed by atoms with Crippen molar-refractivity contribution in [1.82, 2.24) is 24.5 Å². The highest BCUT2D eigenvalue weighted by Gasteiger charge is 2.27. The van der Waals surface area contributed by atoms with E-state index >= 15 is 0 Å². The zero-order valence-corrected chi connectivity index (χ0v) is 14.2. The first kappa shape index (κ1) is 15.1. The predicted octanol–water partition coefficient (Wildman–Crippen LogP) is 2.98. The highest BCUT2D eigenvalue weighted by Crippen LogP contribution is 2.27. The molecule has 0 spiro atoms. The molecule has 1 aromatic carbocycles. The van der Waals surface area contributed by atoms with Crippen LogP contribution in [-0.2, 0) is 7.05 Å². The third-order valence-electron chi connectivity index (χ3n) is 4.74. The third kappa shape index (κ3) is 2.44. The minimum atomic E-state index is -0.756. The van der Waals surface area contributed by atoms with Gasteiger partial charge in [-0.2, -0.15) is 10.2 Å². The van der Waals surface area contributed by atoms with E-state index in [-0.39, 0.29) is 0 Å². The zero-order chi connectivity index (χ0) is 17.7. The molecule has 6 nitrogen and oxygen atoms in total. The summed E-state index contributed by atoms with van der Waals surface area (Å²) in [6.07, 6.45) is 6.68. The van der Waals surface area contributed by atoms with Crippen LogP contribution in [0.25, 0.3) is 27.7 Å². The van der Waals surface area contributed by atoms with Gasteiger partial charge in [-0.15, -0.1) is 0 Å². The van der Waals surface area contributed by atoms with Crippen LogP contribution in [0.4, 0.5) is 10.2 Å². The molecule has 26 heavy (non-hydrogen) atoms. The minimum Gasteiger partial charge on any atom is -0.351 e. The Morgan fingerprint density at radius 3 is 2.69 bits per heavy atom. The molecular weight excluding hydrogens is 331 g/mol. The van der Waals surface area contributed by atoms with Crippen LogP contribution in [0.2, 0.25) is 0 Å². The monoisotopic (exact) mass is 348 g/mol. The maximum Gasteiger partial charge on any atom is 0.135 e. The average Bonchev–Trinajstić information content (AvgIpc) is 3.24. The number of pyridine rings is 1. The second kappa shape index (κ2) is 5.66. The normalized spacial score (nSPS) is 14.8. The second-order valence-electron chi connectivity index (χ2n) is 6.61. The van der Waals surface area contributed by atoms with Crippen molar-refractivity contribution in [2.24, 2.45) is 7.05 Å². The van der Waals surface area contributed by atoms with Gasteiger partial charge in [0.05, 0.1) is 36.7 Å². The number of fused-ring (bicyclic) bond motifs is 1. The predicted molar refractivity (Wildman–Crippen MR) is 98.2 cm³/mol. The molecule has 5 rings (SSSR count). The first-order valence-electron chi connectivity index (χ1n) is 8.50. The van der Waals surface area contributed by atoms with Crippen molar-refractivity contribution in [1.29, 1.82) is 0 Å². The van der Waals surface area contributed by atoms with Crippen LogP contribution in [0.15, 0.2) is 55.1 Å². The SMILES string of the molecule is Cn1cc(-c2ccc3cnn(-c4ccnc(N5CC(F)C5)c4)c3c2)cn1. The summed E-state index contributed by atoms with van der Waals surface area (Å²) in [4.78, 5) is 6.29. The van der Waals surface area contributed by atoms with Crippen LogP contribution in [0.5, 0.6) is 0 Å². The number of rotatable bonds is 3. The van der Waals surface area contributed by atoms with Crippen LogP contribution >= 0.6 is 0 Å². The van der Waals surface area contributed by atoms with Crippen molar-refractivity contribution >= 4 is 16.7 Å². The lowest BCUT2D eigenvalue weighted by atomic mass is 10.1. The van der Waals surface area contributed by atoms with Gasteiger partial charge in [0.2, 0.25) is 0 Å². The van der Waals surface area contributed by atoms with Crippen molar-refractivity contribution in [3.05, 3.63) is 55.1 Å². The van der Waals surface area contributed by atoms with E-state index in [9.17, 15) is 4.39 Å². The largest absolute Gasteiger partial charge is 0.351 e. The van der Waals surface area contributed by atoms with Crippen molar-refractivity contribution in [3.63, 3.8) is 0 Å². The van der Waals surface area contributed by atoms with Gasteiger partial charge in [0, 0.05) is 36.5 Å². The molecule has 1 fully saturated rings. The molecule has 130 valence electrons. The molecule has 1 aliphatic rings. The number of benzene rings is 1. The summed E-state index contributed by atoms with van der Waals surface area (Å²) in [7, 11) is 1.91. The molecule has 1 aliphatic heterocycles. The van der Waals surface area contributed by atoms with E-state index in [1.807, 2.05) is 47.4 Å². The highest BCUT2D eigenvalue weighted by atomic mass is 19.1. The average molecular weight is 348 g/mol. The van der Waals surface area contributed by atoms with Crippen LogP contribution in [0.3, 0.4) is 0 Å². The summed E-state index contributed by atoms with van der Waals surface area (Å²) in [5.41, 5.74) is 4.07. The van der Waals surface area contributed by atoms with Gasteiger partial charge in [-0.3, -0.25) is 4.68 Å². The molecule has 4 heterocycles. The number of aryl methyl sites for hydroxylation is 1. The lowest BCUT2D eigenvalue weighted by molar-refractivity contribution is 0.273. The highest BCUT2D eigenvalue weighted by molar-refractivity contribution is 5.85. The Labute approximate surface area is 149 Å². The summed E-state index contributed by atoms with van der Waals surface area (Å²) in [5.74, 6) is 0.781. The maximum absolute atomic E-state index is 13.1. The first-order chi connectivity index (χ1) is 12.7. The van der Waals surface area contributed by atoms with Gasteiger partial charge in [0.25, 0.3) is 0 Å². The molecule has 0 aliphatic carbocycles. The Bertz CT molecular complexity index is 1090. The van der Waals surface area contributed by atoms with Crippen molar-refractivity contribution in [2.45, 2.75) is 6.17 Å². The van der Waals surface area contributed by atoms with E-state index in [0.717, 1.165) is 33.5 Å². The number of anilines is 1. The van der Waals surface area contributed by atoms with Crippen molar-refractivity contribution < 1.29 is 4.39 Å². The van der Waals surface area contributed by atoms with Crippen LogP contribution in [0, 0.1) is 0 Å². The van der Waals surface area contributed by atoms with Crippen LogP contribution in [0.1, 0.15) is 0 Å². The molecule has 0 radical (unpaired) electrons. The smallest absolute Gasteiger partial charge is 0.135 e. The maximum atomic E-state index is 13.1. The van der Waals surface area contributed by atoms with Crippen LogP contribution < -0.4 is 4.90 Å². The van der Waals surface area contributed by atoms with Gasteiger partial charge < -0.3 is 4.90 Å². The van der Waals surface area contributed by atoms with Crippen molar-refractivity contribution in [3.8, 4) is 16.8 Å². The minimum absolute atomic E-state index is 0.404. The van der Waals surface area contributed by atoms with Gasteiger partial charge >= 0.3 is 0 Å². The quantitative estimate of drug-likeness (QED) is 0.571. The van der Waals surface area contributed by atoms with Crippen LogP contribution in [-0.4, -0.2) is 43.8 Å². The first-order valence-corrected chi connectivity index (χ1v) is 8.50. The molecule has 1 saturated heterocycles. The molecule has 0 bridgehead atoms. The topological polar surface area (TPSA) is 51.8 Å². The Morgan fingerprint density at radius 1 is 1.04 bits per heavy atom. The van der Waals surface area contributed by atoms with E-state index in [1.165, 1.54) is 0 Å². The van der Waals surface area contributed by atoms with E-state index in [4.69, 9.17) is 0 Å². The Kier molecular flexibility index (Phi) is 3.28. The molecule has 4 aromatic rings. The third-order valence-corrected chi connectivity index (χ3v) is 4.74. The number of alkyl halides is 1. The molecule has 0 unspecified atom stereocenters. The van der Waals surface area contributed by atoms with E-state index in [2.05, 4.69) is 33.4 Å². The Morgan fingerprint density at radius 2 is 1.92 bits per heavy atom. The summed E-state index contributed by atoms with van der Waals surface area (Å²) in [5, 5.41) is 9.84. The Hall–Kier alpha value is -3.22. The molecule has 0 atom stereocenters. The summed E-state index contributed by atoms with van der Waals surface area (Å²) in [6, 6.07) is 10.1. The second-order valence-corrected chi connectivity index (χ2v) is 6.61. The zero-order valence-electron chi connectivity index (χ0n) is 14.2. The summed E-state index contributed by atoms with van der Waals surface area (Å²) in [6.45, 7) is 0.808. The fraction of sp³-hybridized carbons (Fsp3) is 0.211. The van der Waals surface area contributed by atoms with E-state index < -0.39 is 6.17 Å². The van der Waals surface area contributed by atoms with Gasteiger partial charge in [0.1, 0.15) is 12.0 Å². The molecule has 0 N–H and O–H groups in total. The number of halogens is 1. The molecular formula is C19H17FN6. The van der Waals surface area contributed by atoms with Gasteiger partial charge in [-0.25, -0.2) is 14.1 Å². The fourth-order valence-corrected chi connectivity index (χ4v) is 3.30. The molecule has 0 amide bonds. The number of hydrogen-bond donors (Lipinski definition) is 0. The van der Waals surface area contributed by atoms with E-state index in [0.29, 0.717) is 13.1 Å². The van der Waals surface area contributed by atoms with Gasteiger partial charge in [0.15, 0.2) is 0 Å². The Balaban J connectivity index is 1.57. The summed E-state index contributed by atoms with van der Waals surface area (Å²) >= 11 is 0. The van der Waals surface area contributed by atoms with Gasteiger partial charge in [-0.05, 0) is 17.7 Å². The lowest BCUT2D eigenvalue weighted by Gasteiger charge is -2.35.